The van der Waals surface area contributed by atoms with Crippen molar-refractivity contribution in [2.75, 3.05) is 0 Å². The third kappa shape index (κ3) is 2.77. The molecule has 0 spiro atoms. The second-order valence-electron chi connectivity index (χ2n) is 4.67. The number of carbonyl (C=O) groups is 1. The Labute approximate surface area is 131 Å². The second kappa shape index (κ2) is 5.84. The van der Waals surface area contributed by atoms with Gasteiger partial charge in [0.15, 0.2) is 0 Å². The smallest absolute Gasteiger partial charge is 0.345 e. The van der Waals surface area contributed by atoms with Crippen LogP contribution in [0.1, 0.15) is 22.2 Å². The number of hydrogen-bond acceptors (Lipinski definition) is 3. The van der Waals surface area contributed by atoms with E-state index in [0.717, 1.165) is 16.9 Å². The Bertz CT molecular complexity index is 770. The summed E-state index contributed by atoms with van der Waals surface area (Å²) in [6.07, 6.45) is 0.925. The van der Waals surface area contributed by atoms with Gasteiger partial charge in [0.2, 0.25) is 0 Å². The lowest BCUT2D eigenvalue weighted by atomic mass is 10.00. The average molecular weight is 314 g/mol. The Morgan fingerprint density at radius 3 is 2.62 bits per heavy atom. The van der Waals surface area contributed by atoms with Crippen LogP contribution in [-0.4, -0.2) is 11.1 Å². The fourth-order valence-corrected chi connectivity index (χ4v) is 3.95. The molecule has 2 heterocycles. The molecule has 0 aliphatic heterocycles. The molecule has 106 valence electrons. The molecular weight excluding hydrogens is 300 g/mol. The summed E-state index contributed by atoms with van der Waals surface area (Å²) in [4.78, 5) is 13.7. The van der Waals surface area contributed by atoms with E-state index in [0.29, 0.717) is 4.88 Å². The molecule has 2 aromatic heterocycles. The third-order valence-electron chi connectivity index (χ3n) is 3.37. The van der Waals surface area contributed by atoms with Gasteiger partial charge in [-0.25, -0.2) is 4.79 Å². The van der Waals surface area contributed by atoms with Crippen molar-refractivity contribution >= 4 is 28.6 Å². The maximum absolute atomic E-state index is 11.0. The van der Waals surface area contributed by atoms with Crippen molar-refractivity contribution < 1.29 is 9.90 Å². The molecule has 0 unspecified atom stereocenters. The molecule has 0 fully saturated rings. The van der Waals surface area contributed by atoms with Crippen LogP contribution in [0.2, 0.25) is 0 Å². The lowest BCUT2D eigenvalue weighted by molar-refractivity contribution is 0.0702. The Morgan fingerprint density at radius 2 is 2.00 bits per heavy atom. The highest BCUT2D eigenvalue weighted by molar-refractivity contribution is 7.17. The predicted molar refractivity (Wildman–Crippen MR) is 89.4 cm³/mol. The molecule has 4 heteroatoms. The highest BCUT2D eigenvalue weighted by atomic mass is 32.1. The zero-order valence-corrected chi connectivity index (χ0v) is 13.1. The molecule has 1 aromatic carbocycles. The van der Waals surface area contributed by atoms with Gasteiger partial charge in [-0.15, -0.1) is 22.7 Å². The average Bonchev–Trinajstić information content (AvgIpc) is 3.18. The van der Waals surface area contributed by atoms with E-state index < -0.39 is 5.97 Å². The summed E-state index contributed by atoms with van der Waals surface area (Å²) >= 11 is 3.06. The molecule has 0 radical (unpaired) electrons. The number of aryl methyl sites for hydroxylation is 1. The summed E-state index contributed by atoms with van der Waals surface area (Å²) in [5, 5.41) is 11.1. The van der Waals surface area contributed by atoms with E-state index in [-0.39, 0.29) is 0 Å². The molecular formula is C17H14O2S2. The second-order valence-corrected chi connectivity index (χ2v) is 6.70. The zero-order chi connectivity index (χ0) is 14.8. The molecule has 0 aliphatic carbocycles. The van der Waals surface area contributed by atoms with Crippen molar-refractivity contribution in [3.8, 4) is 20.9 Å². The fraction of sp³-hybridized carbons (Fsp3) is 0.118. The molecule has 21 heavy (non-hydrogen) atoms. The van der Waals surface area contributed by atoms with E-state index in [2.05, 4.69) is 42.6 Å². The van der Waals surface area contributed by atoms with Gasteiger partial charge in [0, 0.05) is 9.75 Å². The number of aromatic carboxylic acids is 1. The summed E-state index contributed by atoms with van der Waals surface area (Å²) in [7, 11) is 0. The molecule has 0 saturated carbocycles. The molecule has 0 bridgehead atoms. The van der Waals surface area contributed by atoms with Crippen LogP contribution < -0.4 is 0 Å². The van der Waals surface area contributed by atoms with Crippen molar-refractivity contribution in [2.45, 2.75) is 13.3 Å². The van der Waals surface area contributed by atoms with Gasteiger partial charge < -0.3 is 5.11 Å². The predicted octanol–water partition coefficient (Wildman–Crippen LogP) is 5.40. The summed E-state index contributed by atoms with van der Waals surface area (Å²) in [6.45, 7) is 2.13. The van der Waals surface area contributed by atoms with Gasteiger partial charge in [-0.05, 0) is 52.8 Å². The number of rotatable bonds is 4. The summed E-state index contributed by atoms with van der Waals surface area (Å²) in [6, 6.07) is 14.2. The van der Waals surface area contributed by atoms with Crippen molar-refractivity contribution in [2.24, 2.45) is 0 Å². The maximum atomic E-state index is 11.0. The van der Waals surface area contributed by atoms with Crippen LogP contribution in [-0.2, 0) is 6.42 Å². The fourth-order valence-electron chi connectivity index (χ4n) is 2.32. The molecule has 3 rings (SSSR count). The van der Waals surface area contributed by atoms with Gasteiger partial charge in [-0.1, -0.05) is 25.1 Å². The summed E-state index contributed by atoms with van der Waals surface area (Å²) in [5.41, 5.74) is 3.61. The highest BCUT2D eigenvalue weighted by Crippen LogP contribution is 2.34. The van der Waals surface area contributed by atoms with Gasteiger partial charge in [0.1, 0.15) is 4.88 Å². The monoisotopic (exact) mass is 314 g/mol. The first-order valence-corrected chi connectivity index (χ1v) is 8.39. The normalized spacial score (nSPS) is 10.7. The standard InChI is InChI=1S/C17H14O2S2/c1-2-11-10-12(14-4-3-9-20-14)5-6-13(11)15-7-8-16(21-15)17(18)19/h3-10H,2H2,1H3,(H,18,19). The summed E-state index contributed by atoms with van der Waals surface area (Å²) < 4.78 is 0. The quantitative estimate of drug-likeness (QED) is 0.699. The van der Waals surface area contributed by atoms with Crippen LogP contribution in [0.3, 0.4) is 0 Å². The zero-order valence-electron chi connectivity index (χ0n) is 11.5. The maximum Gasteiger partial charge on any atom is 0.345 e. The molecule has 2 nitrogen and oxygen atoms in total. The molecule has 0 saturated heterocycles. The van der Waals surface area contributed by atoms with Crippen molar-refractivity contribution in [3.05, 3.63) is 58.3 Å². The first-order valence-electron chi connectivity index (χ1n) is 6.69. The van der Waals surface area contributed by atoms with Crippen LogP contribution in [0, 0.1) is 0 Å². The van der Waals surface area contributed by atoms with Crippen molar-refractivity contribution in [1.29, 1.82) is 0 Å². The minimum absolute atomic E-state index is 0.384. The van der Waals surface area contributed by atoms with E-state index in [1.54, 1.807) is 17.4 Å². The van der Waals surface area contributed by atoms with Gasteiger partial charge in [-0.3, -0.25) is 0 Å². The third-order valence-corrected chi connectivity index (χ3v) is 5.40. The first kappa shape index (κ1) is 14.0. The largest absolute Gasteiger partial charge is 0.477 e. The van der Waals surface area contributed by atoms with Crippen LogP contribution in [0.25, 0.3) is 20.9 Å². The molecule has 3 aromatic rings. The Morgan fingerprint density at radius 1 is 1.14 bits per heavy atom. The summed E-state index contributed by atoms with van der Waals surface area (Å²) in [5.74, 6) is -0.862. The van der Waals surface area contributed by atoms with Crippen LogP contribution in [0.15, 0.2) is 47.8 Å². The minimum atomic E-state index is -0.862. The lowest BCUT2D eigenvalue weighted by Gasteiger charge is -2.08. The minimum Gasteiger partial charge on any atom is -0.477 e. The van der Waals surface area contributed by atoms with E-state index in [1.165, 1.54) is 27.3 Å². The van der Waals surface area contributed by atoms with Gasteiger partial charge in [0.05, 0.1) is 0 Å². The van der Waals surface area contributed by atoms with E-state index >= 15 is 0 Å². The van der Waals surface area contributed by atoms with Gasteiger partial charge >= 0.3 is 5.97 Å². The van der Waals surface area contributed by atoms with E-state index in [9.17, 15) is 4.79 Å². The molecule has 0 amide bonds. The Kier molecular flexibility index (Phi) is 3.90. The van der Waals surface area contributed by atoms with Crippen molar-refractivity contribution in [1.82, 2.24) is 0 Å². The number of thiophene rings is 2. The molecule has 1 N–H and O–H groups in total. The Hall–Kier alpha value is -1.91. The van der Waals surface area contributed by atoms with Gasteiger partial charge in [-0.2, -0.15) is 0 Å². The molecule has 0 atom stereocenters. The van der Waals surface area contributed by atoms with Crippen molar-refractivity contribution in [3.63, 3.8) is 0 Å². The van der Waals surface area contributed by atoms with E-state index in [4.69, 9.17) is 5.11 Å². The van der Waals surface area contributed by atoms with Crippen LogP contribution in [0.4, 0.5) is 0 Å². The van der Waals surface area contributed by atoms with E-state index in [1.807, 2.05) is 6.07 Å². The SMILES string of the molecule is CCc1cc(-c2cccs2)ccc1-c1ccc(C(=O)O)s1. The number of carboxylic acids is 1. The van der Waals surface area contributed by atoms with Crippen LogP contribution in [0.5, 0.6) is 0 Å². The number of carboxylic acid groups (broad SMARTS) is 1. The highest BCUT2D eigenvalue weighted by Gasteiger charge is 2.12. The topological polar surface area (TPSA) is 37.3 Å². The number of hydrogen-bond donors (Lipinski definition) is 1. The van der Waals surface area contributed by atoms with Gasteiger partial charge in [0.25, 0.3) is 0 Å². The number of benzene rings is 1. The lowest BCUT2D eigenvalue weighted by Crippen LogP contribution is -1.89. The molecule has 0 aliphatic rings. The Balaban J connectivity index is 2.04. The first-order chi connectivity index (χ1) is 10.2. The van der Waals surface area contributed by atoms with Crippen LogP contribution >= 0.6 is 22.7 Å².